The van der Waals surface area contributed by atoms with Crippen molar-refractivity contribution in [3.63, 3.8) is 0 Å². The molecule has 0 aromatic heterocycles. The monoisotopic (exact) mass is 368 g/mol. The van der Waals surface area contributed by atoms with Crippen LogP contribution in [-0.4, -0.2) is 47.8 Å². The maximum absolute atomic E-state index is 5.29. The van der Waals surface area contributed by atoms with Crippen LogP contribution in [0, 0.1) is 11.8 Å². The third kappa shape index (κ3) is 3.55. The van der Waals surface area contributed by atoms with E-state index < -0.39 is 0 Å². The highest BCUT2D eigenvalue weighted by Gasteiger charge is 2.37. The zero-order valence-electron chi connectivity index (χ0n) is 16.4. The van der Waals surface area contributed by atoms with Gasteiger partial charge < -0.3 is 10.7 Å². The molecule has 6 nitrogen and oxygen atoms in total. The fourth-order valence-electron chi connectivity index (χ4n) is 5.52. The van der Waals surface area contributed by atoms with Gasteiger partial charge in [-0.15, -0.1) is 0 Å². The predicted molar refractivity (Wildman–Crippen MR) is 111 cm³/mol. The molecule has 2 fully saturated rings. The third-order valence-electron chi connectivity index (χ3n) is 7.05. The van der Waals surface area contributed by atoms with Gasteiger partial charge in [0.25, 0.3) is 0 Å². The largest absolute Gasteiger partial charge is 0.330 e. The molecule has 5 rings (SSSR count). The van der Waals surface area contributed by atoms with Gasteiger partial charge in [0, 0.05) is 23.8 Å². The molecule has 2 aliphatic carbocycles. The van der Waals surface area contributed by atoms with Crippen LogP contribution in [0.25, 0.3) is 0 Å². The van der Waals surface area contributed by atoms with Gasteiger partial charge in [0.2, 0.25) is 0 Å². The van der Waals surface area contributed by atoms with Crippen molar-refractivity contribution < 1.29 is 0 Å². The summed E-state index contributed by atoms with van der Waals surface area (Å²) in [6.07, 6.45) is 14.1. The van der Waals surface area contributed by atoms with E-state index in [9.17, 15) is 0 Å². The molecule has 0 aromatic rings. The van der Waals surface area contributed by atoms with E-state index in [2.05, 4.69) is 29.0 Å². The molecule has 0 saturated heterocycles. The Balaban J connectivity index is 1.38. The van der Waals surface area contributed by atoms with Gasteiger partial charge in [0.1, 0.15) is 17.7 Å². The van der Waals surface area contributed by atoms with Crippen molar-refractivity contribution in [3.05, 3.63) is 0 Å². The SMILES string of the molecule is CC1=NC(C2=NC3CCCCC3C(=NC3CCC4NN=CC4C3)N2)CCC1. The minimum Gasteiger partial charge on any atom is -0.330 e. The Morgan fingerprint density at radius 2 is 1.96 bits per heavy atom. The zero-order valence-corrected chi connectivity index (χ0v) is 16.4. The van der Waals surface area contributed by atoms with Crippen LogP contribution in [0.3, 0.4) is 0 Å². The number of aliphatic imine (C=N–C) groups is 3. The second-order valence-electron chi connectivity index (χ2n) is 9.03. The van der Waals surface area contributed by atoms with E-state index in [1.54, 1.807) is 0 Å². The molecular weight excluding hydrogens is 336 g/mol. The van der Waals surface area contributed by atoms with Crippen LogP contribution in [-0.2, 0) is 0 Å². The van der Waals surface area contributed by atoms with E-state index in [-0.39, 0.29) is 6.04 Å². The zero-order chi connectivity index (χ0) is 18.2. The fourth-order valence-corrected chi connectivity index (χ4v) is 5.52. The van der Waals surface area contributed by atoms with Crippen LogP contribution in [0.5, 0.6) is 0 Å². The van der Waals surface area contributed by atoms with Crippen LogP contribution >= 0.6 is 0 Å². The lowest BCUT2D eigenvalue weighted by Crippen LogP contribution is -2.51. The first kappa shape index (κ1) is 17.4. The molecular formula is C21H32N6. The summed E-state index contributed by atoms with van der Waals surface area (Å²) in [5.41, 5.74) is 4.52. The molecule has 0 amide bonds. The smallest absolute Gasteiger partial charge is 0.127 e. The number of nitrogens with zero attached hydrogens (tertiary/aromatic N) is 4. The topological polar surface area (TPSA) is 73.5 Å². The standard InChI is InChI=1S/C21H32N6/c1-13-5-4-8-19(23-13)21-25-18-7-3-2-6-16(18)20(26-21)24-15-9-10-17-14(11-15)12-22-27-17/h12,14-19,27H,2-11H2,1H3,(H,24,25,26). The third-order valence-corrected chi connectivity index (χ3v) is 7.05. The van der Waals surface area contributed by atoms with Crippen molar-refractivity contribution in [3.8, 4) is 0 Å². The first-order valence-electron chi connectivity index (χ1n) is 11.0. The molecule has 146 valence electrons. The van der Waals surface area contributed by atoms with Crippen molar-refractivity contribution in [2.75, 3.05) is 0 Å². The normalized spacial score (nSPS) is 42.5. The van der Waals surface area contributed by atoms with Gasteiger partial charge in [-0.05, 0) is 58.3 Å². The molecule has 0 spiro atoms. The highest BCUT2D eigenvalue weighted by molar-refractivity contribution is 6.07. The van der Waals surface area contributed by atoms with Crippen LogP contribution in [0.4, 0.5) is 0 Å². The van der Waals surface area contributed by atoms with E-state index in [0.29, 0.717) is 30.0 Å². The Labute approximate surface area is 162 Å². The quantitative estimate of drug-likeness (QED) is 0.786. The summed E-state index contributed by atoms with van der Waals surface area (Å²) in [5.74, 6) is 3.35. The van der Waals surface area contributed by atoms with E-state index in [4.69, 9.17) is 15.0 Å². The van der Waals surface area contributed by atoms with Crippen molar-refractivity contribution in [1.29, 1.82) is 0 Å². The Hall–Kier alpha value is -1.72. The summed E-state index contributed by atoms with van der Waals surface area (Å²) in [4.78, 5) is 15.3. The van der Waals surface area contributed by atoms with Gasteiger partial charge in [-0.3, -0.25) is 15.0 Å². The molecule has 27 heavy (non-hydrogen) atoms. The lowest BCUT2D eigenvalue weighted by atomic mass is 9.81. The fraction of sp³-hybridized carbons (Fsp3) is 0.810. The summed E-state index contributed by atoms with van der Waals surface area (Å²) in [6.45, 7) is 2.16. The lowest BCUT2D eigenvalue weighted by molar-refractivity contribution is 0.320. The molecule has 6 heteroatoms. The van der Waals surface area contributed by atoms with Crippen LogP contribution in [0.15, 0.2) is 20.1 Å². The molecule has 5 aliphatic rings. The van der Waals surface area contributed by atoms with E-state index in [1.165, 1.54) is 50.1 Å². The Kier molecular flexibility index (Phi) is 4.74. The van der Waals surface area contributed by atoms with Crippen LogP contribution < -0.4 is 10.7 Å². The maximum Gasteiger partial charge on any atom is 0.127 e. The Bertz CT molecular complexity index is 693. The van der Waals surface area contributed by atoms with Crippen molar-refractivity contribution in [2.24, 2.45) is 31.9 Å². The first-order valence-corrected chi connectivity index (χ1v) is 11.0. The number of hydrogen-bond donors (Lipinski definition) is 2. The minimum atomic E-state index is 0.216. The van der Waals surface area contributed by atoms with Crippen molar-refractivity contribution >= 4 is 23.6 Å². The number of hydrogen-bond acceptors (Lipinski definition) is 5. The molecule has 2 saturated carbocycles. The highest BCUT2D eigenvalue weighted by Crippen LogP contribution is 2.33. The van der Waals surface area contributed by atoms with E-state index in [0.717, 1.165) is 31.5 Å². The molecule has 0 radical (unpaired) electrons. The Morgan fingerprint density at radius 1 is 1.04 bits per heavy atom. The lowest BCUT2D eigenvalue weighted by Gasteiger charge is -2.38. The second-order valence-corrected chi connectivity index (χ2v) is 9.03. The van der Waals surface area contributed by atoms with Crippen molar-refractivity contribution in [2.45, 2.75) is 95.3 Å². The number of hydrazone groups is 1. The van der Waals surface area contributed by atoms with Gasteiger partial charge in [-0.1, -0.05) is 12.8 Å². The van der Waals surface area contributed by atoms with E-state index >= 15 is 0 Å². The van der Waals surface area contributed by atoms with Gasteiger partial charge in [0.15, 0.2) is 0 Å². The summed E-state index contributed by atoms with van der Waals surface area (Å²) < 4.78 is 0. The van der Waals surface area contributed by atoms with Gasteiger partial charge in [-0.25, -0.2) is 0 Å². The summed E-state index contributed by atoms with van der Waals surface area (Å²) in [5, 5.41) is 7.98. The summed E-state index contributed by atoms with van der Waals surface area (Å²) >= 11 is 0. The highest BCUT2D eigenvalue weighted by atomic mass is 15.3. The molecule has 2 N–H and O–H groups in total. The molecule has 6 unspecified atom stereocenters. The Morgan fingerprint density at radius 3 is 2.89 bits per heavy atom. The van der Waals surface area contributed by atoms with Crippen molar-refractivity contribution in [1.82, 2.24) is 10.7 Å². The van der Waals surface area contributed by atoms with Gasteiger partial charge >= 0.3 is 0 Å². The van der Waals surface area contributed by atoms with Crippen LogP contribution in [0.2, 0.25) is 0 Å². The summed E-state index contributed by atoms with van der Waals surface area (Å²) in [6, 6.07) is 1.59. The van der Waals surface area contributed by atoms with Crippen LogP contribution in [0.1, 0.15) is 71.1 Å². The van der Waals surface area contributed by atoms with E-state index in [1.807, 2.05) is 0 Å². The molecule has 3 aliphatic heterocycles. The average Bonchev–Trinajstić information content (AvgIpc) is 3.16. The molecule has 3 heterocycles. The maximum atomic E-state index is 5.29. The first-order chi connectivity index (χ1) is 13.3. The molecule has 0 bridgehead atoms. The molecule has 6 atom stereocenters. The average molecular weight is 369 g/mol. The van der Waals surface area contributed by atoms with Gasteiger partial charge in [-0.2, -0.15) is 5.10 Å². The minimum absolute atomic E-state index is 0.216. The second kappa shape index (κ2) is 7.36. The van der Waals surface area contributed by atoms with Gasteiger partial charge in [0.05, 0.1) is 18.1 Å². The summed E-state index contributed by atoms with van der Waals surface area (Å²) in [7, 11) is 0. The molecule has 0 aromatic carbocycles. The number of amidine groups is 2. The number of rotatable bonds is 2. The number of fused-ring (bicyclic) bond motifs is 2. The number of nitrogens with one attached hydrogen (secondary N) is 2. The predicted octanol–water partition coefficient (Wildman–Crippen LogP) is 3.09.